The molecule has 2 aliphatic rings. The Hall–Kier alpha value is -0.130. The second-order valence-electron chi connectivity index (χ2n) is 5.62. The van der Waals surface area contributed by atoms with E-state index < -0.39 is 0 Å². The van der Waals surface area contributed by atoms with Crippen LogP contribution in [-0.4, -0.2) is 38.4 Å². The third kappa shape index (κ3) is 4.18. The van der Waals surface area contributed by atoms with Gasteiger partial charge >= 0.3 is 0 Å². The van der Waals surface area contributed by atoms with Gasteiger partial charge in [0.1, 0.15) is 0 Å². The van der Waals surface area contributed by atoms with Crippen molar-refractivity contribution in [2.24, 2.45) is 5.92 Å². The van der Waals surface area contributed by atoms with Crippen LogP contribution in [0.15, 0.2) is 17.5 Å². The largest absolute Gasteiger partial charge is 0.379 e. The monoisotopic (exact) mass is 316 g/mol. The lowest BCUT2D eigenvalue weighted by atomic mass is 9.94. The third-order valence-electron chi connectivity index (χ3n) is 4.39. The number of ether oxygens (including phenoxy) is 1. The van der Waals surface area contributed by atoms with Crippen LogP contribution in [0.3, 0.4) is 0 Å². The highest BCUT2D eigenvalue weighted by molar-refractivity contribution is 7.09. The first-order valence-electron chi connectivity index (χ1n) is 7.50. The summed E-state index contributed by atoms with van der Waals surface area (Å²) in [7, 11) is 0. The quantitative estimate of drug-likeness (QED) is 0.875. The molecule has 2 fully saturated rings. The zero-order chi connectivity index (χ0) is 12.9. The van der Waals surface area contributed by atoms with Gasteiger partial charge in [0.05, 0.1) is 13.2 Å². The molecule has 20 heavy (non-hydrogen) atoms. The maximum Gasteiger partial charge on any atom is 0.0623 e. The van der Waals surface area contributed by atoms with Crippen molar-refractivity contribution in [1.82, 2.24) is 10.6 Å². The summed E-state index contributed by atoms with van der Waals surface area (Å²) in [5.41, 5.74) is 0. The Labute approximate surface area is 131 Å². The van der Waals surface area contributed by atoms with Gasteiger partial charge in [-0.25, -0.2) is 0 Å². The van der Waals surface area contributed by atoms with Crippen molar-refractivity contribution in [1.29, 1.82) is 0 Å². The summed E-state index contributed by atoms with van der Waals surface area (Å²) in [6, 6.07) is 5.62. The predicted octanol–water partition coefficient (Wildman–Crippen LogP) is 2.46. The SMILES string of the molecule is Cl.c1csc(CCNC2CCCC2C2COCCN2)c1. The molecule has 1 saturated carbocycles. The van der Waals surface area contributed by atoms with E-state index in [4.69, 9.17) is 4.74 Å². The van der Waals surface area contributed by atoms with Crippen LogP contribution in [0.5, 0.6) is 0 Å². The van der Waals surface area contributed by atoms with Crippen molar-refractivity contribution >= 4 is 23.7 Å². The summed E-state index contributed by atoms with van der Waals surface area (Å²) in [5, 5.41) is 9.57. The number of halogens is 1. The van der Waals surface area contributed by atoms with E-state index in [0.717, 1.165) is 38.6 Å². The first-order valence-corrected chi connectivity index (χ1v) is 8.38. The minimum absolute atomic E-state index is 0. The average Bonchev–Trinajstić information content (AvgIpc) is 3.11. The zero-order valence-electron chi connectivity index (χ0n) is 11.8. The Morgan fingerprint density at radius 3 is 3.10 bits per heavy atom. The molecule has 2 N–H and O–H groups in total. The average molecular weight is 317 g/mol. The highest BCUT2D eigenvalue weighted by Crippen LogP contribution is 2.29. The molecule has 0 bridgehead atoms. The summed E-state index contributed by atoms with van der Waals surface area (Å²) in [4.78, 5) is 1.49. The molecule has 0 radical (unpaired) electrons. The zero-order valence-corrected chi connectivity index (χ0v) is 13.5. The van der Waals surface area contributed by atoms with E-state index in [1.165, 1.54) is 24.1 Å². The van der Waals surface area contributed by atoms with Gasteiger partial charge in [-0.1, -0.05) is 12.5 Å². The van der Waals surface area contributed by atoms with E-state index in [-0.39, 0.29) is 12.4 Å². The van der Waals surface area contributed by atoms with E-state index in [0.29, 0.717) is 12.1 Å². The van der Waals surface area contributed by atoms with Gasteiger partial charge < -0.3 is 15.4 Å². The van der Waals surface area contributed by atoms with E-state index in [9.17, 15) is 0 Å². The van der Waals surface area contributed by atoms with Crippen molar-refractivity contribution in [3.05, 3.63) is 22.4 Å². The third-order valence-corrected chi connectivity index (χ3v) is 5.33. The van der Waals surface area contributed by atoms with Crippen LogP contribution < -0.4 is 10.6 Å². The number of hydrogen-bond acceptors (Lipinski definition) is 4. The number of thiophene rings is 1. The highest BCUT2D eigenvalue weighted by Gasteiger charge is 2.34. The Kier molecular flexibility index (Phi) is 6.78. The Morgan fingerprint density at radius 2 is 2.35 bits per heavy atom. The minimum Gasteiger partial charge on any atom is -0.379 e. The lowest BCUT2D eigenvalue weighted by Crippen LogP contribution is -2.51. The van der Waals surface area contributed by atoms with Crippen LogP contribution in [0.4, 0.5) is 0 Å². The molecule has 5 heteroatoms. The lowest BCUT2D eigenvalue weighted by Gasteiger charge is -2.33. The predicted molar refractivity (Wildman–Crippen MR) is 87.0 cm³/mol. The maximum atomic E-state index is 5.62. The molecule has 0 spiro atoms. The Balaban J connectivity index is 0.00000147. The molecule has 1 saturated heterocycles. The Bertz CT molecular complexity index is 368. The fourth-order valence-electron chi connectivity index (χ4n) is 3.42. The first-order chi connectivity index (χ1) is 9.43. The van der Waals surface area contributed by atoms with Crippen LogP contribution in [0.2, 0.25) is 0 Å². The van der Waals surface area contributed by atoms with Crippen molar-refractivity contribution in [2.45, 2.75) is 37.8 Å². The molecule has 1 aromatic heterocycles. The molecule has 0 aromatic carbocycles. The smallest absolute Gasteiger partial charge is 0.0623 e. The normalized spacial score (nSPS) is 30.1. The van der Waals surface area contributed by atoms with E-state index >= 15 is 0 Å². The first kappa shape index (κ1) is 16.2. The van der Waals surface area contributed by atoms with Crippen molar-refractivity contribution in [3.63, 3.8) is 0 Å². The van der Waals surface area contributed by atoms with Crippen molar-refractivity contribution < 1.29 is 4.74 Å². The molecule has 3 atom stereocenters. The van der Waals surface area contributed by atoms with Gasteiger partial charge in [-0.15, -0.1) is 23.7 Å². The Morgan fingerprint density at radius 1 is 1.40 bits per heavy atom. The second-order valence-corrected chi connectivity index (χ2v) is 6.65. The molecule has 3 rings (SSSR count). The van der Waals surface area contributed by atoms with Crippen LogP contribution in [0.25, 0.3) is 0 Å². The van der Waals surface area contributed by atoms with E-state index in [1.54, 1.807) is 0 Å². The maximum absolute atomic E-state index is 5.62. The van der Waals surface area contributed by atoms with Gasteiger partial charge in [0, 0.05) is 30.1 Å². The van der Waals surface area contributed by atoms with Crippen LogP contribution in [0.1, 0.15) is 24.1 Å². The van der Waals surface area contributed by atoms with E-state index in [2.05, 4.69) is 28.1 Å². The van der Waals surface area contributed by atoms with E-state index in [1.807, 2.05) is 11.3 Å². The van der Waals surface area contributed by atoms with Crippen LogP contribution >= 0.6 is 23.7 Å². The molecule has 2 heterocycles. The molecule has 3 unspecified atom stereocenters. The summed E-state index contributed by atoms with van der Waals surface area (Å²) in [6.07, 6.45) is 5.19. The van der Waals surface area contributed by atoms with Gasteiger partial charge in [0.2, 0.25) is 0 Å². The van der Waals surface area contributed by atoms with Crippen LogP contribution in [0, 0.1) is 5.92 Å². The molecule has 114 valence electrons. The fourth-order valence-corrected chi connectivity index (χ4v) is 4.13. The number of rotatable bonds is 5. The number of morpholine rings is 1. The van der Waals surface area contributed by atoms with Gasteiger partial charge in [-0.05, 0) is 36.6 Å². The molecule has 1 aromatic rings. The summed E-state index contributed by atoms with van der Waals surface area (Å²) in [5.74, 6) is 0.753. The van der Waals surface area contributed by atoms with Gasteiger partial charge in [0.25, 0.3) is 0 Å². The topological polar surface area (TPSA) is 33.3 Å². The molecule has 0 amide bonds. The van der Waals surface area contributed by atoms with Gasteiger partial charge in [-0.3, -0.25) is 0 Å². The molecular formula is C15H25ClN2OS. The minimum atomic E-state index is 0. The molecular weight excluding hydrogens is 292 g/mol. The van der Waals surface area contributed by atoms with Gasteiger partial charge in [0.15, 0.2) is 0 Å². The lowest BCUT2D eigenvalue weighted by molar-refractivity contribution is 0.0526. The van der Waals surface area contributed by atoms with Crippen LogP contribution in [-0.2, 0) is 11.2 Å². The molecule has 3 nitrogen and oxygen atoms in total. The van der Waals surface area contributed by atoms with Crippen molar-refractivity contribution in [3.8, 4) is 0 Å². The number of nitrogens with one attached hydrogen (secondary N) is 2. The molecule has 1 aliphatic heterocycles. The standard InChI is InChI=1S/C15H24N2OS.ClH/c1-4-13(15-11-18-9-8-17-15)14(5-1)16-7-6-12-3-2-10-19-12;/h2-3,10,13-17H,1,4-9,11H2;1H. The molecule has 1 aliphatic carbocycles. The van der Waals surface area contributed by atoms with Crippen molar-refractivity contribution in [2.75, 3.05) is 26.3 Å². The summed E-state index contributed by atoms with van der Waals surface area (Å²) < 4.78 is 5.62. The summed E-state index contributed by atoms with van der Waals surface area (Å²) >= 11 is 1.86. The van der Waals surface area contributed by atoms with Gasteiger partial charge in [-0.2, -0.15) is 0 Å². The second kappa shape index (κ2) is 8.35. The fraction of sp³-hybridized carbons (Fsp3) is 0.733. The summed E-state index contributed by atoms with van der Waals surface area (Å²) in [6.45, 7) is 3.89. The number of hydrogen-bond donors (Lipinski definition) is 2. The highest BCUT2D eigenvalue weighted by atomic mass is 35.5.